The zero-order chi connectivity index (χ0) is 25.5. The highest BCUT2D eigenvalue weighted by atomic mass is 32.2. The molecule has 0 aliphatic heterocycles. The van der Waals surface area contributed by atoms with Gasteiger partial charge >= 0.3 is 32.2 Å². The van der Waals surface area contributed by atoms with E-state index in [4.69, 9.17) is 17.8 Å². The van der Waals surface area contributed by atoms with Crippen LogP contribution in [0.4, 0.5) is 0 Å². The second-order valence-corrected chi connectivity index (χ2v) is 11.8. The lowest BCUT2D eigenvalue weighted by molar-refractivity contribution is -0.142. The Morgan fingerprint density at radius 3 is 1.91 bits per heavy atom. The lowest BCUT2D eigenvalue weighted by Crippen LogP contribution is -2.24. The van der Waals surface area contributed by atoms with Crippen LogP contribution < -0.4 is 0 Å². The SMILES string of the molecule is CCCCCC(C)OS(=O)(=O)COC(=O)CCCCCC(=O)OCS(=O)(=O)OC1CCCCC1. The van der Waals surface area contributed by atoms with Crippen LogP contribution in [0.5, 0.6) is 0 Å². The zero-order valence-corrected chi connectivity index (χ0v) is 22.0. The first-order valence-corrected chi connectivity index (χ1v) is 15.3. The molecule has 1 rings (SSSR count). The Morgan fingerprint density at radius 1 is 0.794 bits per heavy atom. The number of hydrogen-bond acceptors (Lipinski definition) is 10. The van der Waals surface area contributed by atoms with Gasteiger partial charge in [0.05, 0.1) is 12.2 Å². The molecule has 1 aliphatic carbocycles. The third-order valence-electron chi connectivity index (χ3n) is 5.35. The topological polar surface area (TPSA) is 139 Å². The second kappa shape index (κ2) is 16.4. The largest absolute Gasteiger partial charge is 0.447 e. The van der Waals surface area contributed by atoms with Crippen LogP contribution in [0.3, 0.4) is 0 Å². The third kappa shape index (κ3) is 15.6. The molecular weight excluding hydrogens is 488 g/mol. The predicted octanol–water partition coefficient (Wildman–Crippen LogP) is 3.93. The van der Waals surface area contributed by atoms with E-state index in [9.17, 15) is 26.4 Å². The van der Waals surface area contributed by atoms with Crippen molar-refractivity contribution in [2.75, 3.05) is 11.9 Å². The van der Waals surface area contributed by atoms with Gasteiger partial charge in [-0.15, -0.1) is 0 Å². The van der Waals surface area contributed by atoms with Crippen LogP contribution in [0.25, 0.3) is 0 Å². The number of esters is 2. The number of carbonyl (C=O) groups is 2. The van der Waals surface area contributed by atoms with Crippen LogP contribution >= 0.6 is 0 Å². The third-order valence-corrected chi connectivity index (χ3v) is 7.35. The smallest absolute Gasteiger partial charge is 0.306 e. The van der Waals surface area contributed by atoms with Gasteiger partial charge in [-0.2, -0.15) is 16.8 Å². The quantitative estimate of drug-likeness (QED) is 0.146. The number of hydrogen-bond donors (Lipinski definition) is 0. The molecule has 200 valence electrons. The number of ether oxygens (including phenoxy) is 2. The number of rotatable bonds is 18. The molecule has 0 heterocycles. The molecule has 0 aromatic rings. The van der Waals surface area contributed by atoms with Gasteiger partial charge in [0.2, 0.25) is 11.9 Å². The van der Waals surface area contributed by atoms with Crippen molar-refractivity contribution in [1.82, 2.24) is 0 Å². The maximum Gasteiger partial charge on any atom is 0.306 e. The Morgan fingerprint density at radius 2 is 1.35 bits per heavy atom. The lowest BCUT2D eigenvalue weighted by atomic mass is 9.98. The summed E-state index contributed by atoms with van der Waals surface area (Å²) in [4.78, 5) is 23.5. The number of unbranched alkanes of at least 4 members (excludes halogenated alkanes) is 4. The van der Waals surface area contributed by atoms with E-state index in [2.05, 4.69) is 6.92 Å². The summed E-state index contributed by atoms with van der Waals surface area (Å²) in [5.41, 5.74) is 0. The summed E-state index contributed by atoms with van der Waals surface area (Å²) < 4.78 is 67.2. The van der Waals surface area contributed by atoms with E-state index in [1.54, 1.807) is 6.92 Å². The van der Waals surface area contributed by atoms with Gasteiger partial charge in [0.15, 0.2) is 0 Å². The van der Waals surface area contributed by atoms with Gasteiger partial charge in [-0.05, 0) is 39.0 Å². The van der Waals surface area contributed by atoms with Gasteiger partial charge in [-0.3, -0.25) is 18.0 Å². The highest BCUT2D eigenvalue weighted by molar-refractivity contribution is 7.86. The minimum absolute atomic E-state index is 0.000227. The molecule has 10 nitrogen and oxygen atoms in total. The molecule has 0 N–H and O–H groups in total. The molecule has 0 spiro atoms. The summed E-state index contributed by atoms with van der Waals surface area (Å²) in [5.74, 6) is -2.95. The molecular formula is C22H40O10S2. The van der Waals surface area contributed by atoms with Crippen LogP contribution in [0.15, 0.2) is 0 Å². The fraction of sp³-hybridized carbons (Fsp3) is 0.909. The standard InChI is InChI=1S/C22H40O10S2/c1-3-4-7-12-19(2)31-33(25,26)17-29-21(23)15-10-6-11-16-22(24)30-18-34(27,28)32-20-13-8-5-9-14-20/h19-20H,3-18H2,1-2H3. The zero-order valence-electron chi connectivity index (χ0n) is 20.4. The van der Waals surface area contributed by atoms with E-state index >= 15 is 0 Å². The second-order valence-electron chi connectivity index (χ2n) is 8.70. The molecule has 1 atom stereocenters. The summed E-state index contributed by atoms with van der Waals surface area (Å²) in [6.45, 7) is 3.72. The molecule has 0 saturated heterocycles. The fourth-order valence-corrected chi connectivity index (χ4v) is 5.41. The Labute approximate surface area is 204 Å². The van der Waals surface area contributed by atoms with Crippen LogP contribution in [-0.4, -0.2) is 52.9 Å². The average molecular weight is 529 g/mol. The first-order valence-electron chi connectivity index (χ1n) is 12.2. The van der Waals surface area contributed by atoms with E-state index in [0.717, 1.165) is 38.5 Å². The van der Waals surface area contributed by atoms with E-state index in [1.807, 2.05) is 0 Å². The molecule has 1 saturated carbocycles. The van der Waals surface area contributed by atoms with Crippen molar-refractivity contribution < 1.29 is 44.3 Å². The summed E-state index contributed by atoms with van der Waals surface area (Å²) in [7, 11) is -7.87. The number of carbonyl (C=O) groups excluding carboxylic acids is 2. The summed E-state index contributed by atoms with van der Waals surface area (Å²) >= 11 is 0. The van der Waals surface area contributed by atoms with Crippen molar-refractivity contribution in [1.29, 1.82) is 0 Å². The van der Waals surface area contributed by atoms with Crippen molar-refractivity contribution in [2.24, 2.45) is 0 Å². The molecule has 0 aromatic heterocycles. The van der Waals surface area contributed by atoms with Crippen LogP contribution in [0.2, 0.25) is 0 Å². The Hall–Kier alpha value is -1.24. The van der Waals surface area contributed by atoms with Crippen molar-refractivity contribution in [3.63, 3.8) is 0 Å². The van der Waals surface area contributed by atoms with Crippen LogP contribution in [-0.2, 0) is 47.7 Å². The fourth-order valence-electron chi connectivity index (χ4n) is 3.54. The maximum absolute atomic E-state index is 11.9. The summed E-state index contributed by atoms with van der Waals surface area (Å²) in [6.07, 6.45) is 8.27. The minimum Gasteiger partial charge on any atom is -0.447 e. The Kier molecular flexibility index (Phi) is 14.9. The molecule has 1 aliphatic rings. The van der Waals surface area contributed by atoms with Crippen molar-refractivity contribution in [3.8, 4) is 0 Å². The van der Waals surface area contributed by atoms with E-state index in [0.29, 0.717) is 38.5 Å². The first kappa shape index (κ1) is 30.8. The molecule has 0 radical (unpaired) electrons. The summed E-state index contributed by atoms with van der Waals surface area (Å²) in [5, 5.41) is 0. The van der Waals surface area contributed by atoms with Crippen molar-refractivity contribution in [3.05, 3.63) is 0 Å². The van der Waals surface area contributed by atoms with Crippen LogP contribution in [0, 0.1) is 0 Å². The van der Waals surface area contributed by atoms with Gasteiger partial charge in [-0.1, -0.05) is 51.9 Å². The predicted molar refractivity (Wildman–Crippen MR) is 125 cm³/mol. The van der Waals surface area contributed by atoms with Gasteiger partial charge in [-0.25, -0.2) is 0 Å². The molecule has 0 bridgehead atoms. The van der Waals surface area contributed by atoms with Gasteiger partial charge in [0, 0.05) is 12.8 Å². The Bertz CT molecular complexity index is 802. The average Bonchev–Trinajstić information content (AvgIpc) is 2.76. The maximum atomic E-state index is 11.9. The van der Waals surface area contributed by atoms with Crippen molar-refractivity contribution >= 4 is 32.2 Å². The van der Waals surface area contributed by atoms with Crippen molar-refractivity contribution in [2.45, 2.75) is 116 Å². The normalized spacial score (nSPS) is 16.2. The van der Waals surface area contributed by atoms with Gasteiger partial charge < -0.3 is 9.47 Å². The molecule has 1 fully saturated rings. The van der Waals surface area contributed by atoms with Crippen LogP contribution in [0.1, 0.15) is 104 Å². The van der Waals surface area contributed by atoms with Gasteiger partial charge in [0.25, 0.3) is 0 Å². The summed E-state index contributed by atoms with van der Waals surface area (Å²) in [6, 6.07) is 0. The molecule has 12 heteroatoms. The molecule has 0 aromatic carbocycles. The highest BCUT2D eigenvalue weighted by Crippen LogP contribution is 2.22. The molecule has 1 unspecified atom stereocenters. The molecule has 34 heavy (non-hydrogen) atoms. The Balaban J connectivity index is 2.11. The van der Waals surface area contributed by atoms with E-state index in [1.165, 1.54) is 0 Å². The monoisotopic (exact) mass is 528 g/mol. The highest BCUT2D eigenvalue weighted by Gasteiger charge is 2.23. The molecule has 0 amide bonds. The minimum atomic E-state index is -3.95. The van der Waals surface area contributed by atoms with Gasteiger partial charge in [0.1, 0.15) is 0 Å². The first-order chi connectivity index (χ1) is 16.0. The lowest BCUT2D eigenvalue weighted by Gasteiger charge is -2.21. The van der Waals surface area contributed by atoms with E-state index < -0.39 is 50.2 Å². The van der Waals surface area contributed by atoms with E-state index in [-0.39, 0.29) is 18.9 Å².